The van der Waals surface area contributed by atoms with Crippen LogP contribution in [-0.2, 0) is 17.5 Å². The molecule has 0 aliphatic carbocycles. The molecule has 2 aliphatic heterocycles. The van der Waals surface area contributed by atoms with Crippen molar-refractivity contribution >= 4 is 17.5 Å². The molecule has 0 saturated carbocycles. The summed E-state index contributed by atoms with van der Waals surface area (Å²) in [4.78, 5) is 28.5. The number of nitrogens with two attached hydrogens (primary N) is 1. The van der Waals surface area contributed by atoms with E-state index in [-0.39, 0.29) is 24.3 Å². The molecular weight excluding hydrogens is 461 g/mol. The highest BCUT2D eigenvalue weighted by Crippen LogP contribution is 2.40. The molecule has 4 rings (SSSR count). The van der Waals surface area contributed by atoms with Gasteiger partial charge in [-0.2, -0.15) is 23.5 Å². The molecule has 0 radical (unpaired) electrons. The second kappa shape index (κ2) is 9.60. The van der Waals surface area contributed by atoms with Crippen molar-refractivity contribution in [3.05, 3.63) is 47.3 Å². The number of primary amides is 1. The van der Waals surface area contributed by atoms with Crippen LogP contribution in [0.5, 0.6) is 0 Å². The highest BCUT2D eigenvalue weighted by atomic mass is 19.4. The quantitative estimate of drug-likeness (QED) is 0.696. The number of carbonyl (C=O) groups is 2. The summed E-state index contributed by atoms with van der Waals surface area (Å²) in [6.45, 7) is 4.24. The lowest BCUT2D eigenvalue weighted by atomic mass is 9.78. The van der Waals surface area contributed by atoms with Crippen LogP contribution < -0.4 is 10.6 Å². The normalized spacial score (nSPS) is 21.2. The van der Waals surface area contributed by atoms with Gasteiger partial charge in [-0.25, -0.2) is 0 Å². The molecule has 0 bridgehead atoms. The van der Waals surface area contributed by atoms with Crippen molar-refractivity contribution in [2.45, 2.75) is 32.5 Å². The number of benzene rings is 1. The Labute approximate surface area is 201 Å². The number of aromatic nitrogens is 2. The average molecular weight is 489 g/mol. The molecule has 0 unspecified atom stereocenters. The van der Waals surface area contributed by atoms with E-state index in [0.29, 0.717) is 50.4 Å². The Morgan fingerprint density at radius 3 is 2.49 bits per heavy atom. The summed E-state index contributed by atoms with van der Waals surface area (Å²) >= 11 is 0. The van der Waals surface area contributed by atoms with Crippen LogP contribution in [0, 0.1) is 29.1 Å². The monoisotopic (exact) mass is 488 g/mol. The number of aryl methyl sites for hydroxylation is 1. The Kier molecular flexibility index (Phi) is 6.74. The van der Waals surface area contributed by atoms with E-state index in [2.05, 4.69) is 5.10 Å². The molecule has 2 N–H and O–H groups in total. The van der Waals surface area contributed by atoms with Gasteiger partial charge < -0.3 is 15.5 Å². The Bertz CT molecular complexity index is 1150. The van der Waals surface area contributed by atoms with Crippen molar-refractivity contribution in [1.29, 1.82) is 5.26 Å². The van der Waals surface area contributed by atoms with Crippen LogP contribution in [0.4, 0.5) is 18.9 Å². The van der Waals surface area contributed by atoms with E-state index >= 15 is 0 Å². The lowest BCUT2D eigenvalue weighted by Crippen LogP contribution is -2.42. The summed E-state index contributed by atoms with van der Waals surface area (Å²) in [6, 6.07) is 6.89. The lowest BCUT2D eigenvalue weighted by Gasteiger charge is -2.35. The van der Waals surface area contributed by atoms with E-state index < -0.39 is 29.1 Å². The molecule has 2 saturated heterocycles. The highest BCUT2D eigenvalue weighted by molar-refractivity contribution is 5.92. The first-order chi connectivity index (χ1) is 16.6. The first-order valence-electron chi connectivity index (χ1n) is 11.6. The van der Waals surface area contributed by atoms with Gasteiger partial charge in [0.2, 0.25) is 5.91 Å². The maximum Gasteiger partial charge on any atom is 0.417 e. The van der Waals surface area contributed by atoms with Crippen LogP contribution in [0.25, 0.3) is 0 Å². The smallest absolute Gasteiger partial charge is 0.370 e. The van der Waals surface area contributed by atoms with Crippen molar-refractivity contribution in [3.63, 3.8) is 0 Å². The summed E-state index contributed by atoms with van der Waals surface area (Å²) < 4.78 is 42.0. The number of piperidine rings is 1. The number of anilines is 1. The van der Waals surface area contributed by atoms with Crippen molar-refractivity contribution < 1.29 is 22.8 Å². The fourth-order valence-corrected chi connectivity index (χ4v) is 5.22. The first-order valence-corrected chi connectivity index (χ1v) is 11.6. The third-order valence-electron chi connectivity index (χ3n) is 7.14. The number of halogens is 3. The second-order valence-electron chi connectivity index (χ2n) is 9.10. The number of hydrogen-bond acceptors (Lipinski definition) is 5. The topological polar surface area (TPSA) is 108 Å². The van der Waals surface area contributed by atoms with Gasteiger partial charge in [-0.1, -0.05) is 0 Å². The molecule has 2 aliphatic rings. The Hall–Kier alpha value is -3.55. The van der Waals surface area contributed by atoms with E-state index in [1.54, 1.807) is 32.8 Å². The minimum atomic E-state index is -4.66. The molecule has 3 heterocycles. The fraction of sp³-hybridized carbons (Fsp3) is 0.500. The van der Waals surface area contributed by atoms with Gasteiger partial charge >= 0.3 is 6.18 Å². The maximum absolute atomic E-state index is 13.4. The van der Waals surface area contributed by atoms with Gasteiger partial charge in [0.1, 0.15) is 5.69 Å². The maximum atomic E-state index is 13.4. The summed E-state index contributed by atoms with van der Waals surface area (Å²) in [5, 5.41) is 13.3. The molecule has 2 atom stereocenters. The van der Waals surface area contributed by atoms with Crippen molar-refractivity contribution in [3.8, 4) is 6.07 Å². The minimum absolute atomic E-state index is 0.107. The van der Waals surface area contributed by atoms with E-state index in [9.17, 15) is 22.8 Å². The van der Waals surface area contributed by atoms with Crippen LogP contribution in [-0.4, -0.2) is 52.7 Å². The average Bonchev–Trinajstić information content (AvgIpc) is 3.50. The number of amides is 2. The lowest BCUT2D eigenvalue weighted by molar-refractivity contribution is -0.137. The summed E-state index contributed by atoms with van der Waals surface area (Å²) in [6.07, 6.45) is -1.55. The van der Waals surface area contributed by atoms with Gasteiger partial charge in [0, 0.05) is 44.6 Å². The fourth-order valence-electron chi connectivity index (χ4n) is 5.22. The Morgan fingerprint density at radius 2 is 1.91 bits per heavy atom. The van der Waals surface area contributed by atoms with Crippen LogP contribution in [0.2, 0.25) is 0 Å². The van der Waals surface area contributed by atoms with Gasteiger partial charge in [0.25, 0.3) is 5.91 Å². The minimum Gasteiger partial charge on any atom is -0.370 e. The van der Waals surface area contributed by atoms with Crippen molar-refractivity contribution in [2.24, 2.45) is 23.5 Å². The van der Waals surface area contributed by atoms with Gasteiger partial charge in [-0.3, -0.25) is 14.3 Å². The largest absolute Gasteiger partial charge is 0.417 e. The molecule has 1 aromatic heterocycles. The number of hydrogen-bond donors (Lipinski definition) is 1. The zero-order valence-electron chi connectivity index (χ0n) is 19.3. The Morgan fingerprint density at radius 1 is 1.20 bits per heavy atom. The molecule has 8 nitrogen and oxygen atoms in total. The van der Waals surface area contributed by atoms with E-state index in [0.717, 1.165) is 12.1 Å². The molecule has 0 spiro atoms. The molecule has 35 heavy (non-hydrogen) atoms. The van der Waals surface area contributed by atoms with Crippen LogP contribution in [0.15, 0.2) is 30.5 Å². The van der Waals surface area contributed by atoms with Crippen molar-refractivity contribution in [1.82, 2.24) is 14.7 Å². The molecule has 2 fully saturated rings. The second-order valence-corrected chi connectivity index (χ2v) is 9.10. The molecule has 186 valence electrons. The third kappa shape index (κ3) is 4.97. The number of alkyl halides is 3. The number of carbonyl (C=O) groups excluding carboxylic acids is 2. The third-order valence-corrected chi connectivity index (χ3v) is 7.14. The molecule has 11 heteroatoms. The van der Waals surface area contributed by atoms with Crippen LogP contribution in [0.1, 0.15) is 41.4 Å². The molecule has 1 aromatic carbocycles. The van der Waals surface area contributed by atoms with E-state index in [1.807, 2.05) is 6.92 Å². The Balaban J connectivity index is 1.47. The van der Waals surface area contributed by atoms with Gasteiger partial charge in [-0.05, 0) is 55.9 Å². The summed E-state index contributed by atoms with van der Waals surface area (Å²) in [5.41, 5.74) is 4.96. The van der Waals surface area contributed by atoms with E-state index in [4.69, 9.17) is 11.0 Å². The predicted molar refractivity (Wildman–Crippen MR) is 121 cm³/mol. The summed E-state index contributed by atoms with van der Waals surface area (Å²) in [7, 11) is 0. The number of likely N-dealkylation sites (tertiary alicyclic amines) is 1. The van der Waals surface area contributed by atoms with Crippen LogP contribution >= 0.6 is 0 Å². The van der Waals surface area contributed by atoms with Crippen molar-refractivity contribution in [2.75, 3.05) is 31.1 Å². The standard InChI is InChI=1S/C24H27F3N6O2/c1-2-33-10-7-21(30-33)23(35)31-8-5-15(6-9-31)18-13-32(14-19(18)22(29)34)17-4-3-16(12-28)20(11-17)24(25,26)27/h3-4,7,10-11,15,18-19H,2,5-6,8-9,13-14H2,1H3,(H2,29,34)/t18-,19+/m0/s1. The van der Waals surface area contributed by atoms with Gasteiger partial charge in [0.05, 0.1) is 23.1 Å². The summed E-state index contributed by atoms with van der Waals surface area (Å²) in [5.74, 6) is -1.14. The molecule has 2 amide bonds. The van der Waals surface area contributed by atoms with Crippen LogP contribution in [0.3, 0.4) is 0 Å². The zero-order chi connectivity index (χ0) is 25.3. The number of rotatable bonds is 5. The number of nitrogens with zero attached hydrogens (tertiary/aromatic N) is 5. The van der Waals surface area contributed by atoms with Gasteiger partial charge in [-0.15, -0.1) is 0 Å². The zero-order valence-corrected chi connectivity index (χ0v) is 19.3. The predicted octanol–water partition coefficient (Wildman–Crippen LogP) is 2.88. The first kappa shape index (κ1) is 24.6. The molecular formula is C24H27F3N6O2. The number of nitriles is 1. The molecule has 2 aromatic rings. The van der Waals surface area contributed by atoms with E-state index in [1.165, 1.54) is 6.07 Å². The highest BCUT2D eigenvalue weighted by Gasteiger charge is 2.43. The van der Waals surface area contributed by atoms with Gasteiger partial charge in [0.15, 0.2) is 0 Å². The SMILES string of the molecule is CCn1ccc(C(=O)N2CCC([C@@H]3CN(c4ccc(C#N)c(C(F)(F)F)c4)C[C@H]3C(N)=O)CC2)n1.